The maximum absolute atomic E-state index is 10.9. The highest BCUT2D eigenvalue weighted by Crippen LogP contribution is 2.33. The molecule has 1 aromatic heterocycles. The average molecular weight is 500 g/mol. The molecule has 194 valence electrons. The zero-order chi connectivity index (χ0) is 25.9. The summed E-state index contributed by atoms with van der Waals surface area (Å²) in [5, 5.41) is 15.4. The number of aromatic nitrogens is 1. The van der Waals surface area contributed by atoms with Gasteiger partial charge in [-0.1, -0.05) is 96.2 Å². The van der Waals surface area contributed by atoms with Crippen LogP contribution in [0.2, 0.25) is 0 Å². The van der Waals surface area contributed by atoms with Crippen LogP contribution in [0, 0.1) is 0 Å². The van der Waals surface area contributed by atoms with Gasteiger partial charge in [-0.05, 0) is 25.0 Å². The van der Waals surface area contributed by atoms with Gasteiger partial charge in [0.2, 0.25) is 5.88 Å². The number of nitrogens with zero attached hydrogens (tertiary/aromatic N) is 3. The molecule has 4 aromatic rings. The molecule has 0 fully saturated rings. The van der Waals surface area contributed by atoms with E-state index in [1.54, 1.807) is 0 Å². The fourth-order valence-corrected chi connectivity index (χ4v) is 4.51. The molecule has 0 radical (unpaired) electrons. The first-order valence-electron chi connectivity index (χ1n) is 13.0. The monoisotopic (exact) mass is 499 g/mol. The van der Waals surface area contributed by atoms with E-state index in [2.05, 4.69) is 53.1 Å². The molecule has 0 bridgehead atoms. The Morgan fingerprint density at radius 1 is 0.811 bits per heavy atom. The summed E-state index contributed by atoms with van der Waals surface area (Å²) in [6.07, 6.45) is -0.635. The van der Waals surface area contributed by atoms with Crippen molar-refractivity contribution in [2.45, 2.75) is 39.6 Å². The fraction of sp³-hybridized carbons (Fsp3) is 0.323. The van der Waals surface area contributed by atoms with Crippen LogP contribution in [0.1, 0.15) is 30.5 Å². The van der Waals surface area contributed by atoms with Crippen molar-refractivity contribution >= 4 is 5.88 Å². The standard InChI is InChI=1S/C31H37N3O3/c1-3-34(4-2)31-29(30(32-37-31)27-18-12-7-13-19-27)22-33(20-25-14-8-5-9-15-25)21-28(35)24-36-23-26-16-10-6-11-17-26/h5-19,28,35H,3-4,20-24H2,1-2H3. The lowest BCUT2D eigenvalue weighted by Gasteiger charge is -2.27. The van der Waals surface area contributed by atoms with Gasteiger partial charge >= 0.3 is 0 Å². The Balaban J connectivity index is 1.55. The molecule has 1 unspecified atom stereocenters. The molecule has 0 aliphatic carbocycles. The summed E-state index contributed by atoms with van der Waals surface area (Å²) in [6.45, 7) is 8.35. The second-order valence-corrected chi connectivity index (χ2v) is 9.16. The number of rotatable bonds is 14. The van der Waals surface area contributed by atoms with Crippen LogP contribution in [0.25, 0.3) is 11.3 Å². The van der Waals surface area contributed by atoms with Crippen LogP contribution in [0.5, 0.6) is 0 Å². The molecule has 0 amide bonds. The minimum atomic E-state index is -0.635. The van der Waals surface area contributed by atoms with Crippen LogP contribution in [0.15, 0.2) is 95.5 Å². The van der Waals surface area contributed by atoms with E-state index < -0.39 is 6.10 Å². The molecule has 1 heterocycles. The summed E-state index contributed by atoms with van der Waals surface area (Å²) in [5.41, 5.74) is 5.17. The van der Waals surface area contributed by atoms with Crippen LogP contribution in [-0.4, -0.2) is 47.5 Å². The highest BCUT2D eigenvalue weighted by molar-refractivity contribution is 5.68. The molecule has 0 saturated heterocycles. The molecule has 6 nitrogen and oxygen atoms in total. The zero-order valence-electron chi connectivity index (χ0n) is 21.8. The number of anilines is 1. The lowest BCUT2D eigenvalue weighted by Crippen LogP contribution is -2.35. The topological polar surface area (TPSA) is 62.0 Å². The minimum absolute atomic E-state index is 0.262. The zero-order valence-corrected chi connectivity index (χ0v) is 21.8. The number of aliphatic hydroxyl groups is 1. The van der Waals surface area contributed by atoms with Crippen molar-refractivity contribution in [3.63, 3.8) is 0 Å². The number of hydrogen-bond donors (Lipinski definition) is 1. The third-order valence-electron chi connectivity index (χ3n) is 6.39. The first-order chi connectivity index (χ1) is 18.2. The third-order valence-corrected chi connectivity index (χ3v) is 6.39. The van der Waals surface area contributed by atoms with E-state index in [1.807, 2.05) is 66.7 Å². The van der Waals surface area contributed by atoms with Crippen molar-refractivity contribution in [1.29, 1.82) is 0 Å². The summed E-state index contributed by atoms with van der Waals surface area (Å²) in [6, 6.07) is 30.5. The quantitative estimate of drug-likeness (QED) is 0.238. The van der Waals surface area contributed by atoms with Crippen LogP contribution in [0.3, 0.4) is 0 Å². The summed E-state index contributed by atoms with van der Waals surface area (Å²) < 4.78 is 11.8. The van der Waals surface area contributed by atoms with Gasteiger partial charge in [-0.15, -0.1) is 0 Å². The maximum Gasteiger partial charge on any atom is 0.232 e. The molecule has 0 saturated carbocycles. The molecule has 0 aliphatic rings. The number of benzene rings is 3. The van der Waals surface area contributed by atoms with Crippen LogP contribution in [0.4, 0.5) is 5.88 Å². The Bertz CT molecular complexity index is 1180. The lowest BCUT2D eigenvalue weighted by molar-refractivity contribution is 0.00714. The van der Waals surface area contributed by atoms with Gasteiger partial charge in [0.1, 0.15) is 5.69 Å². The molecule has 3 aromatic carbocycles. The number of aliphatic hydroxyl groups excluding tert-OH is 1. The van der Waals surface area contributed by atoms with Crippen molar-refractivity contribution < 1.29 is 14.4 Å². The molecule has 6 heteroatoms. The van der Waals surface area contributed by atoms with Gasteiger partial charge in [0.25, 0.3) is 0 Å². The molecule has 1 N–H and O–H groups in total. The van der Waals surface area contributed by atoms with E-state index in [9.17, 15) is 5.11 Å². The molecule has 37 heavy (non-hydrogen) atoms. The minimum Gasteiger partial charge on any atom is -0.389 e. The van der Waals surface area contributed by atoms with Gasteiger partial charge in [0, 0.05) is 38.3 Å². The third kappa shape index (κ3) is 7.52. The van der Waals surface area contributed by atoms with Crippen LogP contribution < -0.4 is 4.90 Å². The maximum atomic E-state index is 10.9. The van der Waals surface area contributed by atoms with Gasteiger partial charge in [-0.25, -0.2) is 0 Å². The number of ether oxygens (including phenoxy) is 1. The van der Waals surface area contributed by atoms with E-state index in [-0.39, 0.29) is 6.61 Å². The fourth-order valence-electron chi connectivity index (χ4n) is 4.51. The Morgan fingerprint density at radius 3 is 2.03 bits per heavy atom. The van der Waals surface area contributed by atoms with Crippen molar-refractivity contribution in [2.24, 2.45) is 0 Å². The van der Waals surface area contributed by atoms with Gasteiger partial charge in [0.05, 0.1) is 24.9 Å². The van der Waals surface area contributed by atoms with E-state index >= 15 is 0 Å². The van der Waals surface area contributed by atoms with Gasteiger partial charge in [0.15, 0.2) is 0 Å². The Labute approximate surface area is 220 Å². The van der Waals surface area contributed by atoms with E-state index in [4.69, 9.17) is 9.26 Å². The molecule has 1 atom stereocenters. The summed E-state index contributed by atoms with van der Waals surface area (Å²) in [4.78, 5) is 4.44. The van der Waals surface area contributed by atoms with E-state index in [1.165, 1.54) is 5.56 Å². The number of hydrogen-bond acceptors (Lipinski definition) is 6. The van der Waals surface area contributed by atoms with Crippen molar-refractivity contribution in [3.8, 4) is 11.3 Å². The summed E-state index contributed by atoms with van der Waals surface area (Å²) >= 11 is 0. The largest absolute Gasteiger partial charge is 0.389 e. The van der Waals surface area contributed by atoms with Crippen LogP contribution in [-0.2, 0) is 24.4 Å². The molecular formula is C31H37N3O3. The highest BCUT2D eigenvalue weighted by Gasteiger charge is 2.24. The lowest BCUT2D eigenvalue weighted by atomic mass is 10.1. The Kier molecular flexibility index (Phi) is 9.89. The Hall–Kier alpha value is -3.45. The molecule has 0 spiro atoms. The summed E-state index contributed by atoms with van der Waals surface area (Å²) in [5.74, 6) is 0.789. The first-order valence-corrected chi connectivity index (χ1v) is 13.0. The normalized spacial score (nSPS) is 12.1. The predicted molar refractivity (Wildman–Crippen MR) is 148 cm³/mol. The SMILES string of the molecule is CCN(CC)c1onc(-c2ccccc2)c1CN(Cc1ccccc1)CC(O)COCc1ccccc1. The summed E-state index contributed by atoms with van der Waals surface area (Å²) in [7, 11) is 0. The van der Waals surface area contributed by atoms with Crippen LogP contribution >= 0.6 is 0 Å². The van der Waals surface area contributed by atoms with Crippen molar-refractivity contribution in [3.05, 3.63) is 108 Å². The van der Waals surface area contributed by atoms with Gasteiger partial charge in [-0.2, -0.15) is 0 Å². The van der Waals surface area contributed by atoms with E-state index in [0.29, 0.717) is 26.2 Å². The average Bonchev–Trinajstić information content (AvgIpc) is 3.34. The van der Waals surface area contributed by atoms with Crippen molar-refractivity contribution in [1.82, 2.24) is 10.1 Å². The Morgan fingerprint density at radius 2 is 1.41 bits per heavy atom. The molecular weight excluding hydrogens is 462 g/mol. The second kappa shape index (κ2) is 13.7. The first kappa shape index (κ1) is 26.6. The highest BCUT2D eigenvalue weighted by atomic mass is 16.5. The second-order valence-electron chi connectivity index (χ2n) is 9.16. The predicted octanol–water partition coefficient (Wildman–Crippen LogP) is 5.77. The molecule has 0 aliphatic heterocycles. The van der Waals surface area contributed by atoms with E-state index in [0.717, 1.165) is 41.4 Å². The van der Waals surface area contributed by atoms with Gasteiger partial charge in [-0.3, -0.25) is 4.90 Å². The van der Waals surface area contributed by atoms with Crippen molar-refractivity contribution in [2.75, 3.05) is 31.1 Å². The van der Waals surface area contributed by atoms with Gasteiger partial charge < -0.3 is 19.3 Å². The smallest absolute Gasteiger partial charge is 0.232 e. The molecule has 4 rings (SSSR count).